The quantitative estimate of drug-likeness (QED) is 0.668. The molecule has 1 N–H and O–H groups in total. The van der Waals surface area contributed by atoms with Gasteiger partial charge in [-0.3, -0.25) is 14.5 Å². The van der Waals surface area contributed by atoms with E-state index in [2.05, 4.69) is 16.9 Å². The fourth-order valence-corrected chi connectivity index (χ4v) is 4.28. The number of anilines is 1. The molecule has 2 aromatic rings. The van der Waals surface area contributed by atoms with Gasteiger partial charge in [0.25, 0.3) is 0 Å². The summed E-state index contributed by atoms with van der Waals surface area (Å²) in [6, 6.07) is 13.1. The third-order valence-electron chi connectivity index (χ3n) is 4.66. The first-order chi connectivity index (χ1) is 14.4. The first kappa shape index (κ1) is 21.6. The predicted molar refractivity (Wildman–Crippen MR) is 123 cm³/mol. The number of thioether (sulfide) groups is 1. The van der Waals surface area contributed by atoms with Gasteiger partial charge in [-0.25, -0.2) is 4.99 Å². The van der Waals surface area contributed by atoms with Crippen LogP contribution in [0.25, 0.3) is 0 Å². The van der Waals surface area contributed by atoms with Crippen LogP contribution in [-0.4, -0.2) is 40.8 Å². The van der Waals surface area contributed by atoms with Crippen molar-refractivity contribution in [2.45, 2.75) is 25.5 Å². The number of hydrogen-bond acceptors (Lipinski definition) is 5. The summed E-state index contributed by atoms with van der Waals surface area (Å²) in [4.78, 5) is 31.6. The van der Waals surface area contributed by atoms with E-state index in [0.29, 0.717) is 17.4 Å². The number of aryl methyl sites for hydroxylation is 2. The molecule has 7 heteroatoms. The second-order valence-electron chi connectivity index (χ2n) is 7.01. The first-order valence-electron chi connectivity index (χ1n) is 9.60. The molecule has 1 atom stereocenters. The maximum absolute atomic E-state index is 12.9. The zero-order chi connectivity index (χ0) is 21.7. The van der Waals surface area contributed by atoms with Gasteiger partial charge in [-0.15, -0.1) is 6.58 Å². The highest BCUT2D eigenvalue weighted by Gasteiger charge is 2.38. The van der Waals surface area contributed by atoms with Crippen molar-refractivity contribution in [2.24, 2.45) is 4.99 Å². The molecule has 0 unspecified atom stereocenters. The minimum absolute atomic E-state index is 0.0755. The number of nitrogens with one attached hydrogen (secondary N) is 1. The second-order valence-corrected chi connectivity index (χ2v) is 8.18. The molecule has 0 radical (unpaired) electrons. The number of rotatable bonds is 7. The van der Waals surface area contributed by atoms with E-state index in [9.17, 15) is 9.59 Å². The Morgan fingerprint density at radius 2 is 2.00 bits per heavy atom. The van der Waals surface area contributed by atoms with Crippen LogP contribution >= 0.6 is 11.8 Å². The van der Waals surface area contributed by atoms with Crippen molar-refractivity contribution in [3.05, 3.63) is 66.2 Å². The van der Waals surface area contributed by atoms with Gasteiger partial charge in [-0.2, -0.15) is 0 Å². The summed E-state index contributed by atoms with van der Waals surface area (Å²) in [6.07, 6.45) is 1.73. The summed E-state index contributed by atoms with van der Waals surface area (Å²) in [5, 5.41) is 2.96. The lowest BCUT2D eigenvalue weighted by molar-refractivity contribution is -0.127. The largest absolute Gasteiger partial charge is 0.497 e. The maximum atomic E-state index is 12.9. The molecule has 30 heavy (non-hydrogen) atoms. The smallest absolute Gasteiger partial charge is 0.242 e. The van der Waals surface area contributed by atoms with E-state index in [1.807, 2.05) is 56.3 Å². The number of carbonyl (C=O) groups is 2. The Labute approximate surface area is 181 Å². The Bertz CT molecular complexity index is 986. The van der Waals surface area contributed by atoms with Crippen molar-refractivity contribution in [2.75, 3.05) is 19.0 Å². The zero-order valence-electron chi connectivity index (χ0n) is 17.3. The number of aliphatic imine (C=N–C) groups is 1. The average molecular weight is 424 g/mol. The topological polar surface area (TPSA) is 71.0 Å². The number of carbonyl (C=O) groups excluding carboxylic acids is 2. The summed E-state index contributed by atoms with van der Waals surface area (Å²) in [7, 11) is 1.60. The number of methoxy groups -OCH3 is 1. The summed E-state index contributed by atoms with van der Waals surface area (Å²) < 4.78 is 5.16. The van der Waals surface area contributed by atoms with Gasteiger partial charge < -0.3 is 10.1 Å². The Hall–Kier alpha value is -3.06. The SMILES string of the molecule is C=CCN1C(=O)[C@@H](CC(=O)Nc2ccc(C)cc2C)SC1=Nc1ccc(OC)cc1. The van der Waals surface area contributed by atoms with Crippen molar-refractivity contribution in [3.63, 3.8) is 0 Å². The van der Waals surface area contributed by atoms with Gasteiger partial charge in [0.2, 0.25) is 11.8 Å². The van der Waals surface area contributed by atoms with Gasteiger partial charge in [-0.1, -0.05) is 35.5 Å². The lowest BCUT2D eigenvalue weighted by Gasteiger charge is -2.14. The fraction of sp³-hybridized carbons (Fsp3) is 0.261. The standard InChI is InChI=1S/C23H25N3O3S/c1-5-12-26-22(28)20(14-21(27)25-19-11-6-15(2)13-16(19)3)30-23(26)24-17-7-9-18(29-4)10-8-17/h5-11,13,20H,1,12,14H2,2-4H3,(H,25,27)/t20-/m1/s1. The van der Waals surface area contributed by atoms with E-state index in [0.717, 1.165) is 22.6 Å². The number of benzene rings is 2. The van der Waals surface area contributed by atoms with E-state index in [-0.39, 0.29) is 18.2 Å². The summed E-state index contributed by atoms with van der Waals surface area (Å²) in [6.45, 7) is 8.02. The minimum Gasteiger partial charge on any atom is -0.497 e. The summed E-state index contributed by atoms with van der Waals surface area (Å²) in [5.41, 5.74) is 3.59. The molecular formula is C23H25N3O3S. The number of ether oxygens (including phenoxy) is 1. The van der Waals surface area contributed by atoms with Crippen molar-refractivity contribution in [3.8, 4) is 5.75 Å². The number of amidine groups is 1. The molecule has 6 nitrogen and oxygen atoms in total. The van der Waals surface area contributed by atoms with Crippen molar-refractivity contribution in [1.82, 2.24) is 4.90 Å². The highest BCUT2D eigenvalue weighted by Crippen LogP contribution is 2.32. The van der Waals surface area contributed by atoms with Crippen molar-refractivity contribution in [1.29, 1.82) is 0 Å². The summed E-state index contributed by atoms with van der Waals surface area (Å²) in [5.74, 6) is 0.401. The Balaban J connectivity index is 1.73. The molecule has 1 aliphatic heterocycles. The molecule has 2 amide bonds. The number of hydrogen-bond donors (Lipinski definition) is 1. The zero-order valence-corrected chi connectivity index (χ0v) is 18.2. The van der Waals surface area contributed by atoms with Gasteiger partial charge in [0.05, 0.1) is 12.8 Å². The highest BCUT2D eigenvalue weighted by molar-refractivity contribution is 8.15. The van der Waals surface area contributed by atoms with Crippen molar-refractivity contribution < 1.29 is 14.3 Å². The maximum Gasteiger partial charge on any atom is 0.242 e. The van der Waals surface area contributed by atoms with E-state index in [1.165, 1.54) is 11.8 Å². The van der Waals surface area contributed by atoms with Crippen LogP contribution in [-0.2, 0) is 9.59 Å². The van der Waals surface area contributed by atoms with Crippen LogP contribution in [0, 0.1) is 13.8 Å². The Morgan fingerprint density at radius 3 is 2.63 bits per heavy atom. The van der Waals surface area contributed by atoms with Gasteiger partial charge in [0, 0.05) is 18.7 Å². The molecule has 0 spiro atoms. The fourth-order valence-electron chi connectivity index (χ4n) is 3.11. The molecule has 3 rings (SSSR count). The monoisotopic (exact) mass is 423 g/mol. The van der Waals surface area contributed by atoms with Gasteiger partial charge >= 0.3 is 0 Å². The predicted octanol–water partition coefficient (Wildman–Crippen LogP) is 4.46. The van der Waals surface area contributed by atoms with Crippen LogP contribution in [0.5, 0.6) is 5.75 Å². The molecule has 0 bridgehead atoms. The molecule has 2 aromatic carbocycles. The van der Waals surface area contributed by atoms with E-state index in [4.69, 9.17) is 4.74 Å². The molecule has 1 fully saturated rings. The van der Waals surface area contributed by atoms with E-state index >= 15 is 0 Å². The van der Waals surface area contributed by atoms with Crippen LogP contribution in [0.4, 0.5) is 11.4 Å². The van der Waals surface area contributed by atoms with E-state index < -0.39 is 5.25 Å². The normalized spacial score (nSPS) is 17.3. The van der Waals surface area contributed by atoms with E-state index in [1.54, 1.807) is 18.1 Å². The van der Waals surface area contributed by atoms with Crippen LogP contribution in [0.3, 0.4) is 0 Å². The molecule has 0 aromatic heterocycles. The minimum atomic E-state index is -0.521. The first-order valence-corrected chi connectivity index (χ1v) is 10.5. The molecule has 0 saturated carbocycles. The Kier molecular flexibility index (Phi) is 6.95. The van der Waals surface area contributed by atoms with Crippen molar-refractivity contribution >= 4 is 40.1 Å². The lowest BCUT2D eigenvalue weighted by Crippen LogP contribution is -2.33. The van der Waals surface area contributed by atoms with Crippen LogP contribution < -0.4 is 10.1 Å². The third-order valence-corrected chi connectivity index (χ3v) is 5.83. The molecule has 1 saturated heterocycles. The third kappa shape index (κ3) is 5.10. The van der Waals surface area contributed by atoms with Gasteiger partial charge in [0.1, 0.15) is 11.0 Å². The molecule has 1 aliphatic rings. The molecule has 0 aliphatic carbocycles. The van der Waals surface area contributed by atoms with Crippen LogP contribution in [0.2, 0.25) is 0 Å². The van der Waals surface area contributed by atoms with Gasteiger partial charge in [0.15, 0.2) is 5.17 Å². The van der Waals surface area contributed by atoms with Gasteiger partial charge in [-0.05, 0) is 49.7 Å². The average Bonchev–Trinajstić information content (AvgIpc) is 3.00. The molecule has 1 heterocycles. The second kappa shape index (κ2) is 9.63. The van der Waals surface area contributed by atoms with Crippen LogP contribution in [0.15, 0.2) is 60.1 Å². The number of nitrogens with zero attached hydrogens (tertiary/aromatic N) is 2. The molecule has 156 valence electrons. The Morgan fingerprint density at radius 1 is 1.27 bits per heavy atom. The lowest BCUT2D eigenvalue weighted by atomic mass is 10.1. The summed E-state index contributed by atoms with van der Waals surface area (Å²) >= 11 is 1.30. The number of amides is 2. The molecular weight excluding hydrogens is 398 g/mol. The van der Waals surface area contributed by atoms with Crippen LogP contribution in [0.1, 0.15) is 17.5 Å². The highest BCUT2D eigenvalue weighted by atomic mass is 32.2.